The summed E-state index contributed by atoms with van der Waals surface area (Å²) < 4.78 is 3.18. The van der Waals surface area contributed by atoms with E-state index >= 15 is 0 Å². The molecule has 4 aromatic rings. The first-order valence-electron chi connectivity index (χ1n) is 10.8. The highest BCUT2D eigenvalue weighted by molar-refractivity contribution is 5.66. The number of hydrogen-bond donors (Lipinski definition) is 1. The number of aromatic nitrogens is 6. The van der Waals surface area contributed by atoms with Crippen LogP contribution in [0.25, 0.3) is 22.6 Å². The van der Waals surface area contributed by atoms with Gasteiger partial charge in [-0.2, -0.15) is 9.61 Å². The average Bonchev–Trinajstić information content (AvgIpc) is 3.40. The molecule has 9 nitrogen and oxygen atoms in total. The molecule has 0 radical (unpaired) electrons. The third-order valence-corrected chi connectivity index (χ3v) is 6.51. The Morgan fingerprint density at radius 1 is 1.06 bits per heavy atom. The molecule has 0 aliphatic carbocycles. The molecular weight excluding hydrogens is 392 g/mol. The maximum atomic E-state index is 12.9. The lowest BCUT2D eigenvalue weighted by atomic mass is 9.93. The van der Waals surface area contributed by atoms with E-state index in [1.165, 1.54) is 17.0 Å². The Labute approximate surface area is 178 Å². The SMILES string of the molecule is Cc1cn2nc(-c3cc(=O)n4nc(N5CCC6NCCC6C5)ccc4n3)cc2c(C)n1. The van der Waals surface area contributed by atoms with Crippen LogP contribution in [0.15, 0.2) is 35.3 Å². The summed E-state index contributed by atoms with van der Waals surface area (Å²) in [5, 5.41) is 12.8. The van der Waals surface area contributed by atoms with Gasteiger partial charge in [0.2, 0.25) is 0 Å². The molecule has 158 valence electrons. The predicted molar refractivity (Wildman–Crippen MR) is 117 cm³/mol. The lowest BCUT2D eigenvalue weighted by Crippen LogP contribution is -2.45. The number of anilines is 1. The van der Waals surface area contributed by atoms with Gasteiger partial charge in [0.05, 0.1) is 28.8 Å². The molecular formula is C22H24N8O. The molecule has 4 aromatic heterocycles. The van der Waals surface area contributed by atoms with Crippen molar-refractivity contribution in [3.63, 3.8) is 0 Å². The summed E-state index contributed by atoms with van der Waals surface area (Å²) in [6.45, 7) is 6.90. The highest BCUT2D eigenvalue weighted by Gasteiger charge is 2.33. The minimum Gasteiger partial charge on any atom is -0.355 e. The molecule has 0 amide bonds. The van der Waals surface area contributed by atoms with Crippen LogP contribution in [0.2, 0.25) is 0 Å². The van der Waals surface area contributed by atoms with Crippen molar-refractivity contribution in [3.05, 3.63) is 52.2 Å². The largest absolute Gasteiger partial charge is 0.355 e. The second-order valence-electron chi connectivity index (χ2n) is 8.61. The number of nitrogens with zero attached hydrogens (tertiary/aromatic N) is 7. The van der Waals surface area contributed by atoms with Crippen LogP contribution in [0, 0.1) is 19.8 Å². The average molecular weight is 416 g/mol. The number of piperidine rings is 1. The number of fused-ring (bicyclic) bond motifs is 3. The quantitative estimate of drug-likeness (QED) is 0.531. The topological polar surface area (TPSA) is 92.7 Å². The van der Waals surface area contributed by atoms with E-state index < -0.39 is 0 Å². The molecule has 9 heteroatoms. The summed E-state index contributed by atoms with van der Waals surface area (Å²) in [4.78, 5) is 24.4. The Hall–Kier alpha value is -3.33. The van der Waals surface area contributed by atoms with E-state index in [1.807, 2.05) is 38.2 Å². The minimum atomic E-state index is -0.206. The van der Waals surface area contributed by atoms with Crippen molar-refractivity contribution in [2.45, 2.75) is 32.7 Å². The van der Waals surface area contributed by atoms with Crippen molar-refractivity contribution >= 4 is 17.0 Å². The summed E-state index contributed by atoms with van der Waals surface area (Å²) in [6.07, 6.45) is 4.18. The fraction of sp³-hybridized carbons (Fsp3) is 0.409. The van der Waals surface area contributed by atoms with Crippen molar-refractivity contribution in [2.75, 3.05) is 24.5 Å². The lowest BCUT2D eigenvalue weighted by molar-refractivity contribution is 0.374. The fourth-order valence-corrected chi connectivity index (χ4v) is 4.96. The molecule has 2 atom stereocenters. The Bertz CT molecular complexity index is 1370. The highest BCUT2D eigenvalue weighted by atomic mass is 16.1. The summed E-state index contributed by atoms with van der Waals surface area (Å²) in [7, 11) is 0. The van der Waals surface area contributed by atoms with Crippen molar-refractivity contribution in [1.29, 1.82) is 0 Å². The first-order valence-corrected chi connectivity index (χ1v) is 10.8. The predicted octanol–water partition coefficient (Wildman–Crippen LogP) is 1.60. The molecule has 2 unspecified atom stereocenters. The van der Waals surface area contributed by atoms with Gasteiger partial charge in [-0.3, -0.25) is 9.78 Å². The number of rotatable bonds is 2. The van der Waals surface area contributed by atoms with Crippen molar-refractivity contribution in [3.8, 4) is 11.4 Å². The smallest absolute Gasteiger partial charge is 0.275 e. The molecule has 0 aromatic carbocycles. The van der Waals surface area contributed by atoms with Crippen LogP contribution < -0.4 is 15.8 Å². The summed E-state index contributed by atoms with van der Waals surface area (Å²) >= 11 is 0. The van der Waals surface area contributed by atoms with Gasteiger partial charge in [-0.05, 0) is 57.4 Å². The summed E-state index contributed by atoms with van der Waals surface area (Å²) in [6, 6.07) is 7.89. The van der Waals surface area contributed by atoms with Crippen LogP contribution in [0.4, 0.5) is 5.82 Å². The van der Waals surface area contributed by atoms with Gasteiger partial charge in [-0.15, -0.1) is 5.10 Å². The molecule has 2 saturated heterocycles. The van der Waals surface area contributed by atoms with Crippen molar-refractivity contribution < 1.29 is 0 Å². The van der Waals surface area contributed by atoms with E-state index in [9.17, 15) is 4.79 Å². The second kappa shape index (κ2) is 6.84. The van der Waals surface area contributed by atoms with E-state index in [0.717, 1.165) is 48.8 Å². The van der Waals surface area contributed by atoms with Gasteiger partial charge in [-0.25, -0.2) is 9.50 Å². The summed E-state index contributed by atoms with van der Waals surface area (Å²) in [5.41, 5.74) is 4.19. The molecule has 2 aliphatic heterocycles. The maximum absolute atomic E-state index is 12.9. The molecule has 31 heavy (non-hydrogen) atoms. The van der Waals surface area contributed by atoms with Crippen LogP contribution in [0.5, 0.6) is 0 Å². The first kappa shape index (κ1) is 18.4. The molecule has 2 fully saturated rings. The third kappa shape index (κ3) is 3.07. The maximum Gasteiger partial charge on any atom is 0.275 e. The van der Waals surface area contributed by atoms with Gasteiger partial charge in [0.15, 0.2) is 5.65 Å². The van der Waals surface area contributed by atoms with E-state index in [2.05, 4.69) is 30.4 Å². The van der Waals surface area contributed by atoms with Crippen LogP contribution in [-0.4, -0.2) is 54.9 Å². The lowest BCUT2D eigenvalue weighted by Gasteiger charge is -2.35. The molecule has 6 rings (SSSR count). The third-order valence-electron chi connectivity index (χ3n) is 6.51. The molecule has 0 spiro atoms. The Kier molecular flexibility index (Phi) is 4.07. The van der Waals surface area contributed by atoms with Gasteiger partial charge >= 0.3 is 0 Å². The monoisotopic (exact) mass is 416 g/mol. The van der Waals surface area contributed by atoms with E-state index in [0.29, 0.717) is 29.0 Å². The first-order chi connectivity index (χ1) is 15.0. The fourth-order valence-electron chi connectivity index (χ4n) is 4.96. The van der Waals surface area contributed by atoms with Gasteiger partial charge < -0.3 is 10.2 Å². The Morgan fingerprint density at radius 2 is 1.97 bits per heavy atom. The Morgan fingerprint density at radius 3 is 2.87 bits per heavy atom. The van der Waals surface area contributed by atoms with Gasteiger partial charge in [0.1, 0.15) is 11.5 Å². The van der Waals surface area contributed by atoms with E-state index in [-0.39, 0.29) is 5.56 Å². The highest BCUT2D eigenvalue weighted by Crippen LogP contribution is 2.27. The Balaban J connectivity index is 1.37. The molecule has 6 heterocycles. The van der Waals surface area contributed by atoms with Crippen molar-refractivity contribution in [1.82, 2.24) is 34.5 Å². The minimum absolute atomic E-state index is 0.206. The number of hydrogen-bond acceptors (Lipinski definition) is 7. The van der Waals surface area contributed by atoms with Crippen molar-refractivity contribution in [2.24, 2.45) is 5.92 Å². The van der Waals surface area contributed by atoms with Gasteiger partial charge in [-0.1, -0.05) is 0 Å². The zero-order valence-electron chi connectivity index (χ0n) is 17.6. The van der Waals surface area contributed by atoms with Gasteiger partial charge in [0, 0.05) is 25.2 Å². The van der Waals surface area contributed by atoms with E-state index in [1.54, 1.807) is 4.52 Å². The van der Waals surface area contributed by atoms with Gasteiger partial charge in [0.25, 0.3) is 5.56 Å². The van der Waals surface area contributed by atoms with Crippen LogP contribution in [-0.2, 0) is 0 Å². The summed E-state index contributed by atoms with van der Waals surface area (Å²) in [5.74, 6) is 1.49. The second-order valence-corrected chi connectivity index (χ2v) is 8.61. The molecule has 2 aliphatic rings. The van der Waals surface area contributed by atoms with Crippen LogP contribution in [0.1, 0.15) is 24.2 Å². The number of nitrogens with one attached hydrogen (secondary N) is 1. The van der Waals surface area contributed by atoms with Crippen LogP contribution >= 0.6 is 0 Å². The molecule has 0 saturated carbocycles. The molecule has 1 N–H and O–H groups in total. The molecule has 0 bridgehead atoms. The zero-order valence-corrected chi connectivity index (χ0v) is 17.6. The standard InChI is InChI=1S/C22H24N8O/c1-13-11-29-19(14(2)24-13)9-18(26-29)17-10-22(31)30-20(25-17)3-4-21(27-30)28-8-6-16-15(12-28)5-7-23-16/h3-4,9-11,15-16,23H,5-8,12H2,1-2H3. The van der Waals surface area contributed by atoms with Crippen LogP contribution in [0.3, 0.4) is 0 Å². The van der Waals surface area contributed by atoms with E-state index in [4.69, 9.17) is 0 Å². The zero-order chi connectivity index (χ0) is 21.1. The normalized spacial score (nSPS) is 21.2. The number of aryl methyl sites for hydroxylation is 2.